The largest absolute Gasteiger partial charge is 0.426 e. The van der Waals surface area contributed by atoms with Crippen LogP contribution in [-0.4, -0.2) is 39.9 Å². The monoisotopic (exact) mass is 642 g/mol. The lowest BCUT2D eigenvalue weighted by atomic mass is 9.81. The molecule has 198 valence electrons. The number of rotatable bonds is 5. The molecule has 2 bridgehead atoms. The number of hydrogen-bond donors (Lipinski definition) is 0. The molecule has 2 aliphatic carbocycles. The van der Waals surface area contributed by atoms with Crippen LogP contribution in [0.3, 0.4) is 0 Å². The summed E-state index contributed by atoms with van der Waals surface area (Å²) in [5, 5.41) is 0. The maximum Gasteiger partial charge on any atom is 0.316 e. The van der Waals surface area contributed by atoms with E-state index in [9.17, 15) is 19.2 Å². The highest BCUT2D eigenvalue weighted by molar-refractivity contribution is 9.12. The number of halogens is 2. The zero-order chi connectivity index (χ0) is 26.9. The van der Waals surface area contributed by atoms with Gasteiger partial charge in [-0.05, 0) is 73.1 Å². The molecular formula is C29H28Br2N2O5. The number of amides is 3. The van der Waals surface area contributed by atoms with Crippen LogP contribution in [0, 0.1) is 36.5 Å². The summed E-state index contributed by atoms with van der Waals surface area (Å²) in [5.74, 6) is -1.37. The molecular weight excluding hydrogens is 616 g/mol. The molecule has 6 rings (SSSR count). The van der Waals surface area contributed by atoms with Crippen molar-refractivity contribution in [2.45, 2.75) is 42.8 Å². The number of aryl methyl sites for hydroxylation is 2. The maximum atomic E-state index is 13.4. The minimum Gasteiger partial charge on any atom is -0.426 e. The Balaban J connectivity index is 1.15. The van der Waals surface area contributed by atoms with E-state index in [4.69, 9.17) is 4.74 Å². The van der Waals surface area contributed by atoms with Crippen LogP contribution in [0.15, 0.2) is 42.5 Å². The van der Waals surface area contributed by atoms with Gasteiger partial charge in [-0.1, -0.05) is 50.9 Å². The van der Waals surface area contributed by atoms with Gasteiger partial charge in [0.05, 0.1) is 23.4 Å². The van der Waals surface area contributed by atoms with Gasteiger partial charge in [-0.2, -0.15) is 0 Å². The Kier molecular flexibility index (Phi) is 6.50. The molecule has 2 saturated heterocycles. The highest BCUT2D eigenvalue weighted by Gasteiger charge is 2.66. The Morgan fingerprint density at radius 3 is 2.18 bits per heavy atom. The summed E-state index contributed by atoms with van der Waals surface area (Å²) < 4.78 is 5.65. The maximum absolute atomic E-state index is 13.4. The normalized spacial score (nSPS) is 31.9. The standard InChI is InChI=1S/C29H28Br2N2O5/c1-3-15-4-6-17(7-5-15)32-13-16(11-22(32)34)29(37)38-18-8-9-21(14(2)10-18)33-27(35)23-19-12-20(24(23)28(33)36)26(31)25(19)30/h4-10,16,19-20,23-26H,3,11-13H2,1-2H3/t16-,19-,20-,23-,24+,25-,26+/m1/s1. The van der Waals surface area contributed by atoms with E-state index in [2.05, 4.69) is 38.8 Å². The number of carbonyl (C=O) groups excluding carboxylic acids is 4. The fourth-order valence-electron chi connectivity index (χ4n) is 6.75. The molecule has 0 aromatic heterocycles. The Morgan fingerprint density at radius 2 is 1.61 bits per heavy atom. The van der Waals surface area contributed by atoms with Gasteiger partial charge in [0.2, 0.25) is 17.7 Å². The van der Waals surface area contributed by atoms with Crippen LogP contribution < -0.4 is 14.5 Å². The zero-order valence-electron chi connectivity index (χ0n) is 21.1. The fourth-order valence-corrected chi connectivity index (χ4v) is 8.63. The summed E-state index contributed by atoms with van der Waals surface area (Å²) in [6.07, 6.45) is 1.89. The summed E-state index contributed by atoms with van der Waals surface area (Å²) in [6, 6.07) is 12.8. The van der Waals surface area contributed by atoms with Gasteiger partial charge < -0.3 is 9.64 Å². The number of fused-ring (bicyclic) bond motifs is 5. The number of alkyl halides is 2. The second-order valence-corrected chi connectivity index (χ2v) is 12.9. The molecule has 7 nitrogen and oxygen atoms in total. The average Bonchev–Trinajstić information content (AvgIpc) is 3.62. The predicted octanol–water partition coefficient (Wildman–Crippen LogP) is 4.80. The van der Waals surface area contributed by atoms with Gasteiger partial charge >= 0.3 is 5.97 Å². The molecule has 2 aromatic rings. The Hall–Kier alpha value is -2.52. The summed E-state index contributed by atoms with van der Waals surface area (Å²) in [4.78, 5) is 55.7. The minimum absolute atomic E-state index is 0.0937. The van der Waals surface area contributed by atoms with E-state index in [-0.39, 0.29) is 64.0 Å². The molecule has 0 unspecified atom stereocenters. The van der Waals surface area contributed by atoms with Gasteiger partial charge in [0, 0.05) is 28.3 Å². The van der Waals surface area contributed by atoms with Gasteiger partial charge in [-0.25, -0.2) is 4.90 Å². The van der Waals surface area contributed by atoms with Crippen molar-refractivity contribution in [3.8, 4) is 5.75 Å². The molecule has 2 saturated carbocycles. The van der Waals surface area contributed by atoms with Gasteiger partial charge in [0.1, 0.15) is 5.75 Å². The Labute approximate surface area is 238 Å². The van der Waals surface area contributed by atoms with Crippen molar-refractivity contribution >= 4 is 66.9 Å². The molecule has 4 aliphatic rings. The first-order chi connectivity index (χ1) is 18.2. The fraction of sp³-hybridized carbons (Fsp3) is 0.448. The second kappa shape index (κ2) is 9.59. The van der Waals surface area contributed by atoms with Gasteiger partial charge in [-0.15, -0.1) is 0 Å². The van der Waals surface area contributed by atoms with E-state index < -0.39 is 11.9 Å². The average molecular weight is 644 g/mol. The van der Waals surface area contributed by atoms with Crippen molar-refractivity contribution in [3.63, 3.8) is 0 Å². The molecule has 4 fully saturated rings. The Morgan fingerprint density at radius 1 is 0.974 bits per heavy atom. The number of esters is 1. The lowest BCUT2D eigenvalue weighted by Crippen LogP contribution is -2.37. The molecule has 9 heteroatoms. The number of nitrogens with zero attached hydrogens (tertiary/aromatic N) is 2. The molecule has 2 aromatic carbocycles. The van der Waals surface area contributed by atoms with E-state index in [0.29, 0.717) is 17.0 Å². The SMILES string of the molecule is CCc1ccc(N2C[C@H](C(=O)Oc3ccc(N4C(=O)[C@@H]5[C@H]6C[C@@H]([C@H](Br)[C@@H]6Br)[C@@H]5C4=O)c(C)c3)CC2=O)cc1. The molecule has 0 radical (unpaired) electrons. The molecule has 0 N–H and O–H groups in total. The first-order valence-corrected chi connectivity index (χ1v) is 14.9. The van der Waals surface area contributed by atoms with Crippen molar-refractivity contribution in [1.29, 1.82) is 0 Å². The lowest BCUT2D eigenvalue weighted by Gasteiger charge is -2.28. The summed E-state index contributed by atoms with van der Waals surface area (Å²) in [5.41, 5.74) is 3.17. The molecule has 2 aliphatic heterocycles. The number of anilines is 2. The molecule has 2 heterocycles. The van der Waals surface area contributed by atoms with E-state index in [1.807, 2.05) is 24.3 Å². The number of hydrogen-bond acceptors (Lipinski definition) is 5. The van der Waals surface area contributed by atoms with Crippen LogP contribution in [-0.2, 0) is 25.6 Å². The molecule has 3 amide bonds. The van der Waals surface area contributed by atoms with Crippen molar-refractivity contribution in [3.05, 3.63) is 53.6 Å². The predicted molar refractivity (Wildman–Crippen MR) is 150 cm³/mol. The van der Waals surface area contributed by atoms with Crippen LogP contribution in [0.1, 0.15) is 30.9 Å². The van der Waals surface area contributed by atoms with E-state index >= 15 is 0 Å². The summed E-state index contributed by atoms with van der Waals surface area (Å²) >= 11 is 7.44. The third-order valence-corrected chi connectivity index (χ3v) is 11.9. The van der Waals surface area contributed by atoms with Crippen molar-refractivity contribution < 1.29 is 23.9 Å². The van der Waals surface area contributed by atoms with Crippen LogP contribution in [0.2, 0.25) is 0 Å². The van der Waals surface area contributed by atoms with Crippen LogP contribution in [0.5, 0.6) is 5.75 Å². The Bertz CT molecular complexity index is 1310. The van der Waals surface area contributed by atoms with E-state index in [1.165, 1.54) is 10.5 Å². The van der Waals surface area contributed by atoms with Crippen molar-refractivity contribution in [2.75, 3.05) is 16.3 Å². The van der Waals surface area contributed by atoms with Gasteiger partial charge in [-0.3, -0.25) is 19.2 Å². The third kappa shape index (κ3) is 3.96. The molecule has 7 atom stereocenters. The molecule has 38 heavy (non-hydrogen) atoms. The third-order valence-electron chi connectivity index (χ3n) is 8.73. The molecule has 0 spiro atoms. The number of carbonyl (C=O) groups is 4. The van der Waals surface area contributed by atoms with Crippen molar-refractivity contribution in [1.82, 2.24) is 0 Å². The first-order valence-electron chi connectivity index (χ1n) is 13.1. The summed E-state index contributed by atoms with van der Waals surface area (Å²) in [7, 11) is 0. The van der Waals surface area contributed by atoms with Crippen LogP contribution in [0.4, 0.5) is 11.4 Å². The van der Waals surface area contributed by atoms with Gasteiger partial charge in [0.25, 0.3) is 0 Å². The highest BCUT2D eigenvalue weighted by atomic mass is 79.9. The zero-order valence-corrected chi connectivity index (χ0v) is 24.3. The van der Waals surface area contributed by atoms with Gasteiger partial charge in [0.15, 0.2) is 0 Å². The van der Waals surface area contributed by atoms with E-state index in [0.717, 1.165) is 18.5 Å². The quantitative estimate of drug-likeness (QED) is 0.202. The second-order valence-electron chi connectivity index (χ2n) is 10.8. The number of ether oxygens (including phenoxy) is 1. The van der Waals surface area contributed by atoms with Crippen LogP contribution >= 0.6 is 31.9 Å². The van der Waals surface area contributed by atoms with Crippen LogP contribution in [0.25, 0.3) is 0 Å². The highest BCUT2D eigenvalue weighted by Crippen LogP contribution is 2.60. The van der Waals surface area contributed by atoms with Crippen molar-refractivity contribution in [2.24, 2.45) is 29.6 Å². The lowest BCUT2D eigenvalue weighted by molar-refractivity contribution is -0.139. The summed E-state index contributed by atoms with van der Waals surface area (Å²) in [6.45, 7) is 4.14. The minimum atomic E-state index is -0.570. The first kappa shape index (κ1) is 25.7. The number of imide groups is 1. The smallest absolute Gasteiger partial charge is 0.316 e. The number of benzene rings is 2. The topological polar surface area (TPSA) is 84.0 Å². The van der Waals surface area contributed by atoms with E-state index in [1.54, 1.807) is 30.0 Å².